The summed E-state index contributed by atoms with van der Waals surface area (Å²) in [6.07, 6.45) is 35.7. The number of ether oxygens (including phenoxy) is 1. The molecule has 0 aliphatic rings. The van der Waals surface area contributed by atoms with Crippen LogP contribution >= 0.6 is 0 Å². The second-order valence-electron chi connectivity index (χ2n) is 11.2. The predicted octanol–water partition coefficient (Wildman–Crippen LogP) is 7.03. The van der Waals surface area contributed by atoms with Crippen molar-refractivity contribution in [3.8, 4) is 0 Å². The zero-order valence-corrected chi connectivity index (χ0v) is 28.3. The Kier molecular flexibility index (Phi) is 29.1. The molecule has 9 nitrogen and oxygen atoms in total. The summed E-state index contributed by atoms with van der Waals surface area (Å²) in [7, 11) is 0. The Morgan fingerprint density at radius 1 is 0.674 bits per heavy atom. The lowest BCUT2D eigenvalue weighted by Crippen LogP contribution is -2.47. The molecule has 260 valence electrons. The normalized spacial score (nSPS) is 13.3. The molecule has 0 aromatic heterocycles. The number of carbonyl (C=O) groups is 4. The van der Waals surface area contributed by atoms with Crippen LogP contribution in [-0.2, 0) is 23.9 Å². The van der Waals surface area contributed by atoms with Crippen LogP contribution in [0.1, 0.15) is 123 Å². The number of hydrogen-bond acceptors (Lipinski definition) is 6. The molecule has 0 spiro atoms. The molecule has 0 bridgehead atoms. The van der Waals surface area contributed by atoms with Crippen molar-refractivity contribution in [2.24, 2.45) is 0 Å². The molecule has 4 N–H and O–H groups in total. The largest absolute Gasteiger partial charge is 0.480 e. The monoisotopic (exact) mass is 644 g/mol. The fourth-order valence-corrected chi connectivity index (χ4v) is 4.43. The summed E-state index contributed by atoms with van der Waals surface area (Å²) in [4.78, 5) is 47.0. The van der Waals surface area contributed by atoms with Gasteiger partial charge >= 0.3 is 11.9 Å². The van der Waals surface area contributed by atoms with Crippen molar-refractivity contribution in [1.82, 2.24) is 10.6 Å². The number of aliphatic hydroxyl groups is 1. The average molecular weight is 645 g/mol. The van der Waals surface area contributed by atoms with Gasteiger partial charge in [0, 0.05) is 6.42 Å². The minimum atomic E-state index is -1.39. The van der Waals surface area contributed by atoms with Crippen molar-refractivity contribution in [3.05, 3.63) is 60.8 Å². The molecule has 0 saturated heterocycles. The summed E-state index contributed by atoms with van der Waals surface area (Å²) in [5.74, 6) is -2.50. The summed E-state index contributed by atoms with van der Waals surface area (Å²) >= 11 is 0. The summed E-state index contributed by atoms with van der Waals surface area (Å²) in [6, 6.07) is -1.39. The van der Waals surface area contributed by atoms with E-state index >= 15 is 0 Å². The number of carboxylic acids is 1. The van der Waals surface area contributed by atoms with E-state index < -0.39 is 24.5 Å². The van der Waals surface area contributed by atoms with E-state index in [1.165, 1.54) is 6.42 Å². The predicted molar refractivity (Wildman–Crippen MR) is 185 cm³/mol. The molecular formula is C37H60N2O7. The highest BCUT2D eigenvalue weighted by Crippen LogP contribution is 2.17. The van der Waals surface area contributed by atoms with Gasteiger partial charge in [0.15, 0.2) is 0 Å². The Hall–Kier alpha value is -3.46. The van der Waals surface area contributed by atoms with E-state index in [1.807, 2.05) is 12.2 Å². The number of aliphatic carboxylic acids is 1. The number of rotatable bonds is 29. The molecule has 0 aromatic rings. The molecule has 0 aliphatic heterocycles. The van der Waals surface area contributed by atoms with Crippen LogP contribution in [0.15, 0.2) is 60.8 Å². The van der Waals surface area contributed by atoms with Gasteiger partial charge in [-0.1, -0.05) is 107 Å². The standard InChI is InChI=1S/C37H60N2O7/c1-3-5-7-9-10-11-12-13-14-15-16-17-18-19-25-29-36(43)46-32(26-22-8-6-4-2)27-23-20-21-24-28-34(41)38-30-35(42)39-33(31-40)37(44)45/h5,7,10-11,13-14,16-17,19,25,32-33,40H,3-4,6,8-9,12,15,18,20-24,26-31H2,1-2H3,(H,38,41)(H,39,42)(H,44,45)/b7-5-,11-10-,14-13-,17-16-,25-19-. The highest BCUT2D eigenvalue weighted by atomic mass is 16.5. The van der Waals surface area contributed by atoms with Crippen molar-refractivity contribution in [2.75, 3.05) is 13.2 Å². The number of carbonyl (C=O) groups excluding carboxylic acids is 3. The lowest BCUT2D eigenvalue weighted by Gasteiger charge is -2.17. The molecule has 9 heteroatoms. The quantitative estimate of drug-likeness (QED) is 0.0389. The van der Waals surface area contributed by atoms with E-state index in [0.29, 0.717) is 6.42 Å². The van der Waals surface area contributed by atoms with Gasteiger partial charge in [-0.3, -0.25) is 14.4 Å². The zero-order valence-electron chi connectivity index (χ0n) is 28.3. The summed E-state index contributed by atoms with van der Waals surface area (Å²) < 4.78 is 5.82. The first-order valence-electron chi connectivity index (χ1n) is 17.2. The van der Waals surface area contributed by atoms with Crippen molar-refractivity contribution in [2.45, 2.75) is 135 Å². The topological polar surface area (TPSA) is 142 Å². The van der Waals surface area contributed by atoms with Gasteiger partial charge in [-0.05, 0) is 64.2 Å². The summed E-state index contributed by atoms with van der Waals surface area (Å²) in [6.45, 7) is 3.24. The molecule has 0 fully saturated rings. The molecule has 2 atom stereocenters. The number of aliphatic hydroxyl groups excluding tert-OH is 1. The number of amides is 2. The van der Waals surface area contributed by atoms with E-state index in [4.69, 9.17) is 14.9 Å². The van der Waals surface area contributed by atoms with Gasteiger partial charge < -0.3 is 25.6 Å². The van der Waals surface area contributed by atoms with E-state index in [-0.39, 0.29) is 37.4 Å². The van der Waals surface area contributed by atoms with Crippen LogP contribution in [0.3, 0.4) is 0 Å². The highest BCUT2D eigenvalue weighted by Gasteiger charge is 2.18. The zero-order chi connectivity index (χ0) is 34.1. The first kappa shape index (κ1) is 42.5. The first-order valence-corrected chi connectivity index (χ1v) is 17.2. The van der Waals surface area contributed by atoms with Gasteiger partial charge in [0.25, 0.3) is 0 Å². The molecule has 0 saturated carbocycles. The summed E-state index contributed by atoms with van der Waals surface area (Å²) in [5.41, 5.74) is 0. The molecule has 0 radical (unpaired) electrons. The van der Waals surface area contributed by atoms with Crippen LogP contribution < -0.4 is 10.6 Å². The van der Waals surface area contributed by atoms with Crippen LogP contribution in [0.5, 0.6) is 0 Å². The van der Waals surface area contributed by atoms with Gasteiger partial charge in [0.2, 0.25) is 11.8 Å². The van der Waals surface area contributed by atoms with E-state index in [0.717, 1.165) is 83.5 Å². The third-order valence-corrected chi connectivity index (χ3v) is 7.06. The fraction of sp³-hybridized carbons (Fsp3) is 0.622. The Morgan fingerprint density at radius 3 is 1.72 bits per heavy atom. The smallest absolute Gasteiger partial charge is 0.328 e. The van der Waals surface area contributed by atoms with Crippen molar-refractivity contribution in [3.63, 3.8) is 0 Å². The molecule has 0 rings (SSSR count). The van der Waals surface area contributed by atoms with Gasteiger partial charge in [-0.2, -0.15) is 0 Å². The van der Waals surface area contributed by atoms with Crippen LogP contribution in [0, 0.1) is 0 Å². The maximum absolute atomic E-state index is 12.5. The number of nitrogens with one attached hydrogen (secondary N) is 2. The lowest BCUT2D eigenvalue weighted by molar-refractivity contribution is -0.148. The minimum absolute atomic E-state index is 0.0950. The SMILES string of the molecule is CC/C=C\C/C=C\C/C=C\C/C=C\C/C=C\CC(=O)OC(CCCCCC)CCCCCCC(=O)NCC(=O)NC(CO)C(=O)O. The number of esters is 1. The summed E-state index contributed by atoms with van der Waals surface area (Å²) in [5, 5.41) is 22.4. The van der Waals surface area contributed by atoms with Crippen LogP contribution in [0.4, 0.5) is 0 Å². The van der Waals surface area contributed by atoms with Gasteiger partial charge in [-0.25, -0.2) is 4.79 Å². The van der Waals surface area contributed by atoms with E-state index in [2.05, 4.69) is 73.1 Å². The Balaban J connectivity index is 4.25. The number of unbranched alkanes of at least 4 members (excludes halogenated alkanes) is 6. The Bertz CT molecular complexity index is 969. The third kappa shape index (κ3) is 28.0. The lowest BCUT2D eigenvalue weighted by atomic mass is 10.0. The number of hydrogen-bond donors (Lipinski definition) is 4. The van der Waals surface area contributed by atoms with Crippen LogP contribution in [-0.4, -0.2) is 59.3 Å². The fourth-order valence-electron chi connectivity index (χ4n) is 4.43. The molecule has 0 heterocycles. The molecule has 0 aromatic carbocycles. The van der Waals surface area contributed by atoms with E-state index in [9.17, 15) is 19.2 Å². The third-order valence-electron chi connectivity index (χ3n) is 7.06. The second kappa shape index (κ2) is 31.5. The highest BCUT2D eigenvalue weighted by molar-refractivity contribution is 5.87. The number of allylic oxidation sites excluding steroid dienone is 9. The first-order chi connectivity index (χ1) is 22.3. The molecular weight excluding hydrogens is 584 g/mol. The van der Waals surface area contributed by atoms with Gasteiger partial charge in [0.05, 0.1) is 19.6 Å². The number of carboxylic acid groups (broad SMARTS) is 1. The second-order valence-corrected chi connectivity index (χ2v) is 11.2. The minimum Gasteiger partial charge on any atom is -0.480 e. The average Bonchev–Trinajstić information content (AvgIpc) is 3.03. The van der Waals surface area contributed by atoms with Crippen LogP contribution in [0.25, 0.3) is 0 Å². The van der Waals surface area contributed by atoms with Gasteiger partial charge in [-0.15, -0.1) is 0 Å². The van der Waals surface area contributed by atoms with Crippen molar-refractivity contribution < 1.29 is 34.1 Å². The molecule has 2 unspecified atom stereocenters. The van der Waals surface area contributed by atoms with Crippen LogP contribution in [0.2, 0.25) is 0 Å². The Morgan fingerprint density at radius 2 is 1.20 bits per heavy atom. The van der Waals surface area contributed by atoms with E-state index in [1.54, 1.807) is 0 Å². The van der Waals surface area contributed by atoms with Crippen molar-refractivity contribution >= 4 is 23.8 Å². The Labute approximate surface area is 277 Å². The molecule has 46 heavy (non-hydrogen) atoms. The molecule has 0 aliphatic carbocycles. The maximum atomic E-state index is 12.5. The van der Waals surface area contributed by atoms with Crippen molar-refractivity contribution in [1.29, 1.82) is 0 Å². The van der Waals surface area contributed by atoms with Gasteiger partial charge in [0.1, 0.15) is 12.1 Å². The molecule has 2 amide bonds. The maximum Gasteiger partial charge on any atom is 0.328 e.